The van der Waals surface area contributed by atoms with Crippen LogP contribution in [0.25, 0.3) is 22.2 Å². The molecule has 1 aliphatic carbocycles. The molecule has 1 saturated heterocycles. The normalized spacial score (nSPS) is 22.7. The number of aromatic nitrogens is 4. The monoisotopic (exact) mass is 612 g/mol. The molecule has 9 heteroatoms. The third kappa shape index (κ3) is 6.59. The average molecular weight is 613 g/mol. The van der Waals surface area contributed by atoms with Crippen molar-refractivity contribution in [2.75, 3.05) is 6.54 Å². The summed E-state index contributed by atoms with van der Waals surface area (Å²) in [5.74, 6) is -1.05. The van der Waals surface area contributed by atoms with Crippen LogP contribution >= 0.6 is 0 Å². The summed E-state index contributed by atoms with van der Waals surface area (Å²) in [7, 11) is 0. The molecule has 45 heavy (non-hydrogen) atoms. The number of benzene rings is 1. The highest BCUT2D eigenvalue weighted by Gasteiger charge is 2.38. The minimum Gasteiger partial charge on any atom is -0.345 e. The van der Waals surface area contributed by atoms with Crippen LogP contribution in [0.4, 0.5) is 8.78 Å². The highest BCUT2D eigenvalue weighted by Crippen LogP contribution is 2.38. The number of carbonyl (C=O) groups excluding carboxylic acids is 1. The van der Waals surface area contributed by atoms with Gasteiger partial charge in [0, 0.05) is 53.5 Å². The summed E-state index contributed by atoms with van der Waals surface area (Å²) in [4.78, 5) is 25.5. The predicted molar refractivity (Wildman–Crippen MR) is 172 cm³/mol. The topological polar surface area (TPSA) is 83.9 Å². The van der Waals surface area contributed by atoms with Gasteiger partial charge < -0.3 is 5.32 Å². The Balaban J connectivity index is 1.27. The molecule has 0 spiro atoms. The molecule has 4 aromatic rings. The fourth-order valence-corrected chi connectivity index (χ4v) is 7.03. The lowest BCUT2D eigenvalue weighted by atomic mass is 9.77. The largest absolute Gasteiger partial charge is 0.345 e. The third-order valence-electron chi connectivity index (χ3n) is 10.0. The molecule has 1 fully saturated rings. The van der Waals surface area contributed by atoms with E-state index in [0.717, 1.165) is 47.5 Å². The van der Waals surface area contributed by atoms with Crippen LogP contribution in [0.15, 0.2) is 55.0 Å². The van der Waals surface area contributed by atoms with E-state index in [1.54, 1.807) is 24.7 Å². The smallest absolute Gasteiger partial charge is 0.251 e. The SMILES string of the molecule is CC(C)[C@]1(F)CCc2nc3c(F)cc(C(=O)N[C@H](CCN4[C@H](C)CCC[C@@H]4C)c4ccc(-c5ccnnc5)nc4)cc3cc2C1. The van der Waals surface area contributed by atoms with E-state index in [4.69, 9.17) is 0 Å². The van der Waals surface area contributed by atoms with Crippen molar-refractivity contribution in [3.05, 3.63) is 83.2 Å². The number of piperidine rings is 1. The molecule has 3 aromatic heterocycles. The molecule has 7 nitrogen and oxygen atoms in total. The van der Waals surface area contributed by atoms with Crippen molar-refractivity contribution in [3.63, 3.8) is 0 Å². The maximum absolute atomic E-state index is 15.6. The third-order valence-corrected chi connectivity index (χ3v) is 10.0. The van der Waals surface area contributed by atoms with Gasteiger partial charge in [-0.05, 0) is 93.3 Å². The van der Waals surface area contributed by atoms with Crippen LogP contribution in [0.1, 0.15) is 93.0 Å². The van der Waals surface area contributed by atoms with Gasteiger partial charge in [0.15, 0.2) is 0 Å². The van der Waals surface area contributed by atoms with Gasteiger partial charge in [0.2, 0.25) is 0 Å². The lowest BCUT2D eigenvalue weighted by Crippen LogP contribution is -2.45. The van der Waals surface area contributed by atoms with Crippen LogP contribution in [0.2, 0.25) is 0 Å². The number of aryl methyl sites for hydroxylation is 1. The van der Waals surface area contributed by atoms with Crippen molar-refractivity contribution in [1.82, 2.24) is 30.4 Å². The van der Waals surface area contributed by atoms with Crippen molar-refractivity contribution in [2.24, 2.45) is 5.92 Å². The summed E-state index contributed by atoms with van der Waals surface area (Å²) in [5.41, 5.74) is 3.14. The number of amides is 1. The molecular formula is C36H42F2N6O. The highest BCUT2D eigenvalue weighted by molar-refractivity contribution is 5.98. The molecule has 0 unspecified atom stereocenters. The highest BCUT2D eigenvalue weighted by atomic mass is 19.1. The van der Waals surface area contributed by atoms with Gasteiger partial charge in [-0.3, -0.25) is 14.7 Å². The molecule has 1 N–H and O–H groups in total. The molecule has 1 aromatic carbocycles. The standard InChI is InChI=1S/C36H42F2N6O/c1-22(2)36(38)13-10-32-29(19-36)17-27-16-28(18-30(37)34(27)42-32)35(45)43-33(12-15-44-23(3)6-5-7-24(44)4)25-8-9-31(39-20-25)26-11-14-40-41-21-26/h8-9,11,14,16-18,20-24,33H,5-7,10,12-13,15,19H2,1-4H3,(H,43,45)/t23-,24+,33-,36+/m1/s1. The lowest BCUT2D eigenvalue weighted by Gasteiger charge is -2.39. The van der Waals surface area contributed by atoms with Crippen molar-refractivity contribution in [3.8, 4) is 11.3 Å². The Hall–Kier alpha value is -3.85. The number of pyridine rings is 2. The summed E-state index contributed by atoms with van der Waals surface area (Å²) in [5, 5.41) is 11.5. The summed E-state index contributed by atoms with van der Waals surface area (Å²) in [6.45, 7) is 9.13. The van der Waals surface area contributed by atoms with Crippen LogP contribution in [-0.4, -0.2) is 55.3 Å². The first-order valence-electron chi connectivity index (χ1n) is 16.2. The second-order valence-corrected chi connectivity index (χ2v) is 13.3. The van der Waals surface area contributed by atoms with Crippen LogP contribution < -0.4 is 5.32 Å². The maximum atomic E-state index is 15.6. The molecule has 2 aliphatic rings. The van der Waals surface area contributed by atoms with Crippen LogP contribution in [0.5, 0.6) is 0 Å². The van der Waals surface area contributed by atoms with Crippen molar-refractivity contribution in [1.29, 1.82) is 0 Å². The van der Waals surface area contributed by atoms with E-state index in [0.29, 0.717) is 36.7 Å². The van der Waals surface area contributed by atoms with Crippen LogP contribution in [0.3, 0.4) is 0 Å². The van der Waals surface area contributed by atoms with E-state index in [-0.39, 0.29) is 35.4 Å². The second-order valence-electron chi connectivity index (χ2n) is 13.3. The summed E-state index contributed by atoms with van der Waals surface area (Å²) < 4.78 is 31.0. The van der Waals surface area contributed by atoms with Gasteiger partial charge in [0.05, 0.1) is 24.1 Å². The van der Waals surface area contributed by atoms with Gasteiger partial charge >= 0.3 is 0 Å². The number of halogens is 2. The van der Waals surface area contributed by atoms with Crippen LogP contribution in [-0.2, 0) is 12.8 Å². The van der Waals surface area contributed by atoms with Gasteiger partial charge in [-0.1, -0.05) is 26.3 Å². The molecule has 0 bridgehead atoms. The average Bonchev–Trinajstić information content (AvgIpc) is 3.03. The van der Waals surface area contributed by atoms with E-state index in [1.165, 1.54) is 12.5 Å². The Morgan fingerprint density at radius 2 is 1.89 bits per heavy atom. The summed E-state index contributed by atoms with van der Waals surface area (Å²) in [6.07, 6.45) is 10.4. The molecule has 1 amide bonds. The second kappa shape index (κ2) is 12.9. The number of hydrogen-bond donors (Lipinski definition) is 1. The predicted octanol–water partition coefficient (Wildman–Crippen LogP) is 7.20. The fraction of sp³-hybridized carbons (Fsp3) is 0.472. The van der Waals surface area contributed by atoms with E-state index < -0.39 is 11.5 Å². The molecule has 6 rings (SSSR count). The zero-order valence-electron chi connectivity index (χ0n) is 26.6. The molecule has 4 atom stereocenters. The minimum atomic E-state index is -1.32. The van der Waals surface area contributed by atoms with Crippen molar-refractivity contribution in [2.45, 2.75) is 96.4 Å². The zero-order valence-corrected chi connectivity index (χ0v) is 26.6. The van der Waals surface area contributed by atoms with Gasteiger partial charge in [0.1, 0.15) is 17.0 Å². The summed E-state index contributed by atoms with van der Waals surface area (Å²) in [6, 6.07) is 11.1. The van der Waals surface area contributed by atoms with E-state index >= 15 is 8.78 Å². The Bertz CT molecular complexity index is 1650. The molecule has 0 radical (unpaired) electrons. The zero-order chi connectivity index (χ0) is 31.7. The molecule has 4 heterocycles. The first kappa shape index (κ1) is 31.1. The number of nitrogens with zero attached hydrogens (tertiary/aromatic N) is 5. The van der Waals surface area contributed by atoms with E-state index in [9.17, 15) is 4.79 Å². The van der Waals surface area contributed by atoms with E-state index in [2.05, 4.69) is 44.2 Å². The minimum absolute atomic E-state index is 0.132. The number of carbonyl (C=O) groups is 1. The van der Waals surface area contributed by atoms with Crippen LogP contribution in [0, 0.1) is 11.7 Å². The summed E-state index contributed by atoms with van der Waals surface area (Å²) >= 11 is 0. The molecular weight excluding hydrogens is 570 g/mol. The van der Waals surface area contributed by atoms with Crippen molar-refractivity contribution >= 4 is 16.8 Å². The van der Waals surface area contributed by atoms with Gasteiger partial charge in [-0.15, -0.1) is 0 Å². The van der Waals surface area contributed by atoms with Crippen molar-refractivity contribution < 1.29 is 13.6 Å². The number of alkyl halides is 1. The number of nitrogens with one attached hydrogen (secondary N) is 1. The van der Waals surface area contributed by atoms with Gasteiger partial charge in [0.25, 0.3) is 5.91 Å². The maximum Gasteiger partial charge on any atom is 0.251 e. The Morgan fingerprint density at radius 1 is 1.09 bits per heavy atom. The molecule has 0 saturated carbocycles. The Labute approximate surface area is 263 Å². The fourth-order valence-electron chi connectivity index (χ4n) is 7.03. The first-order valence-corrected chi connectivity index (χ1v) is 16.2. The van der Waals surface area contributed by atoms with E-state index in [1.807, 2.05) is 38.1 Å². The Kier molecular flexibility index (Phi) is 8.91. The number of likely N-dealkylation sites (tertiary alicyclic amines) is 1. The quantitative estimate of drug-likeness (QED) is 0.227. The molecule has 236 valence electrons. The Morgan fingerprint density at radius 3 is 2.58 bits per heavy atom. The first-order chi connectivity index (χ1) is 21.6. The molecule has 1 aliphatic heterocycles. The number of fused-ring (bicyclic) bond motifs is 2. The van der Waals surface area contributed by atoms with Gasteiger partial charge in [-0.25, -0.2) is 13.8 Å². The van der Waals surface area contributed by atoms with Gasteiger partial charge in [-0.2, -0.15) is 10.2 Å². The number of rotatable bonds is 8. The number of hydrogen-bond acceptors (Lipinski definition) is 6. The lowest BCUT2D eigenvalue weighted by molar-refractivity contribution is 0.0820.